The summed E-state index contributed by atoms with van der Waals surface area (Å²) in [6, 6.07) is 5.07. The van der Waals surface area contributed by atoms with Crippen molar-refractivity contribution in [1.82, 2.24) is 20.0 Å². The van der Waals surface area contributed by atoms with Crippen LogP contribution >= 0.6 is 0 Å². The number of pyridine rings is 1. The third-order valence-corrected chi connectivity index (χ3v) is 3.91. The Labute approximate surface area is 133 Å². The zero-order valence-corrected chi connectivity index (χ0v) is 13.1. The Balaban J connectivity index is 1.41. The molecule has 1 aliphatic carbocycles. The molecule has 0 bridgehead atoms. The number of aryl methyl sites for hydroxylation is 1. The van der Waals surface area contributed by atoms with Crippen molar-refractivity contribution in [2.75, 3.05) is 6.54 Å². The Morgan fingerprint density at radius 1 is 1.43 bits per heavy atom. The fraction of sp³-hybridized carbons (Fsp3) is 0.500. The highest BCUT2D eigenvalue weighted by Gasteiger charge is 2.29. The number of carbonyl (C=O) groups is 1. The van der Waals surface area contributed by atoms with Crippen LogP contribution in [0.25, 0.3) is 0 Å². The summed E-state index contributed by atoms with van der Waals surface area (Å²) in [4.78, 5) is 27.9. The summed E-state index contributed by atoms with van der Waals surface area (Å²) in [6.07, 6.45) is 3.06. The van der Waals surface area contributed by atoms with E-state index in [9.17, 15) is 9.59 Å². The average molecular weight is 316 g/mol. The number of aromatic nitrogens is 3. The molecule has 1 amide bonds. The monoisotopic (exact) mass is 316 g/mol. The first-order valence-electron chi connectivity index (χ1n) is 7.89. The van der Waals surface area contributed by atoms with Crippen LogP contribution in [-0.2, 0) is 17.8 Å². The highest BCUT2D eigenvalue weighted by atomic mass is 16.5. The number of carbonyl (C=O) groups excluding carboxylic acids is 1. The van der Waals surface area contributed by atoms with E-state index in [4.69, 9.17) is 4.52 Å². The van der Waals surface area contributed by atoms with Crippen LogP contribution in [0, 0.1) is 6.92 Å². The van der Waals surface area contributed by atoms with Gasteiger partial charge in [-0.25, -0.2) is 0 Å². The minimum atomic E-state index is -0.0916. The molecule has 1 aliphatic rings. The predicted molar refractivity (Wildman–Crippen MR) is 83.0 cm³/mol. The second-order valence-corrected chi connectivity index (χ2v) is 5.83. The molecule has 0 unspecified atom stereocenters. The zero-order valence-electron chi connectivity index (χ0n) is 13.1. The van der Waals surface area contributed by atoms with E-state index in [1.807, 2.05) is 13.0 Å². The fourth-order valence-electron chi connectivity index (χ4n) is 2.39. The minimum absolute atomic E-state index is 0.0859. The molecule has 2 aromatic rings. The van der Waals surface area contributed by atoms with Gasteiger partial charge in [-0.2, -0.15) is 4.98 Å². The van der Waals surface area contributed by atoms with E-state index < -0.39 is 0 Å². The Morgan fingerprint density at radius 2 is 2.26 bits per heavy atom. The van der Waals surface area contributed by atoms with Gasteiger partial charge in [-0.15, -0.1) is 0 Å². The number of hydrogen-bond donors (Lipinski definition) is 1. The second kappa shape index (κ2) is 6.76. The van der Waals surface area contributed by atoms with E-state index >= 15 is 0 Å². The van der Waals surface area contributed by atoms with Crippen LogP contribution < -0.4 is 10.9 Å². The summed E-state index contributed by atoms with van der Waals surface area (Å²) in [6.45, 7) is 2.70. The van der Waals surface area contributed by atoms with Crippen LogP contribution in [-0.4, -0.2) is 27.2 Å². The molecule has 7 heteroatoms. The van der Waals surface area contributed by atoms with Gasteiger partial charge >= 0.3 is 0 Å². The fourth-order valence-corrected chi connectivity index (χ4v) is 2.39. The summed E-state index contributed by atoms with van der Waals surface area (Å²) >= 11 is 0. The van der Waals surface area contributed by atoms with Gasteiger partial charge in [0.05, 0.1) is 0 Å². The van der Waals surface area contributed by atoms with Crippen molar-refractivity contribution in [2.45, 2.75) is 45.1 Å². The Hall–Kier alpha value is -2.44. The van der Waals surface area contributed by atoms with E-state index in [0.29, 0.717) is 37.1 Å². The van der Waals surface area contributed by atoms with E-state index in [1.165, 1.54) is 6.07 Å². The summed E-state index contributed by atoms with van der Waals surface area (Å²) in [5, 5.41) is 6.73. The molecule has 0 atom stereocenters. The van der Waals surface area contributed by atoms with Gasteiger partial charge in [-0.1, -0.05) is 11.2 Å². The van der Waals surface area contributed by atoms with Crippen molar-refractivity contribution in [3.63, 3.8) is 0 Å². The number of nitrogens with one attached hydrogen (secondary N) is 1. The standard InChI is InChI=1S/C16H20N4O3/c1-11-3-2-4-15(22)20(11)10-8-14(21)17-9-7-13-18-16(23-19-13)12-5-6-12/h2-4,12H,5-10H2,1H3,(H,17,21). The third kappa shape index (κ3) is 4.06. The van der Waals surface area contributed by atoms with Crippen molar-refractivity contribution < 1.29 is 9.32 Å². The van der Waals surface area contributed by atoms with E-state index in [0.717, 1.165) is 18.5 Å². The SMILES string of the molecule is Cc1cccc(=O)n1CCC(=O)NCCc1noc(C2CC2)n1. The smallest absolute Gasteiger partial charge is 0.250 e. The van der Waals surface area contributed by atoms with Crippen LogP contribution in [0.2, 0.25) is 0 Å². The highest BCUT2D eigenvalue weighted by molar-refractivity contribution is 5.75. The quantitative estimate of drug-likeness (QED) is 0.828. The van der Waals surface area contributed by atoms with Gasteiger partial charge in [0.25, 0.3) is 5.56 Å². The molecule has 2 heterocycles. The zero-order chi connectivity index (χ0) is 16.2. The first-order chi connectivity index (χ1) is 11.1. The lowest BCUT2D eigenvalue weighted by atomic mass is 10.3. The van der Waals surface area contributed by atoms with E-state index in [-0.39, 0.29) is 17.9 Å². The lowest BCUT2D eigenvalue weighted by molar-refractivity contribution is -0.121. The van der Waals surface area contributed by atoms with Crippen molar-refractivity contribution >= 4 is 5.91 Å². The van der Waals surface area contributed by atoms with Crippen LogP contribution in [0.5, 0.6) is 0 Å². The molecule has 2 aromatic heterocycles. The molecule has 3 rings (SSSR count). The molecule has 0 spiro atoms. The minimum Gasteiger partial charge on any atom is -0.356 e. The molecular formula is C16H20N4O3. The summed E-state index contributed by atoms with van der Waals surface area (Å²) in [5.41, 5.74) is 0.766. The Bertz CT molecular complexity index is 746. The normalized spacial score (nSPS) is 14.0. The maximum Gasteiger partial charge on any atom is 0.250 e. The van der Waals surface area contributed by atoms with Gasteiger partial charge in [-0.05, 0) is 25.8 Å². The molecule has 1 saturated carbocycles. The van der Waals surface area contributed by atoms with Crippen molar-refractivity contribution in [1.29, 1.82) is 0 Å². The summed E-state index contributed by atoms with van der Waals surface area (Å²) in [7, 11) is 0. The lowest BCUT2D eigenvalue weighted by Crippen LogP contribution is -2.29. The van der Waals surface area contributed by atoms with Gasteiger partial charge in [0.15, 0.2) is 5.82 Å². The number of hydrogen-bond acceptors (Lipinski definition) is 5. The van der Waals surface area contributed by atoms with Gasteiger partial charge < -0.3 is 14.4 Å². The summed E-state index contributed by atoms with van der Waals surface area (Å²) in [5.74, 6) is 1.69. The molecule has 1 N–H and O–H groups in total. The maximum atomic E-state index is 11.9. The van der Waals surface area contributed by atoms with Gasteiger partial charge in [0.1, 0.15) is 0 Å². The van der Waals surface area contributed by atoms with Gasteiger partial charge in [0.2, 0.25) is 11.8 Å². The van der Waals surface area contributed by atoms with Gasteiger partial charge in [-0.3, -0.25) is 9.59 Å². The third-order valence-electron chi connectivity index (χ3n) is 3.91. The largest absolute Gasteiger partial charge is 0.356 e. The molecule has 0 aromatic carbocycles. The average Bonchev–Trinajstić information content (AvgIpc) is 3.26. The maximum absolute atomic E-state index is 11.9. The van der Waals surface area contributed by atoms with Crippen LogP contribution in [0.15, 0.2) is 27.5 Å². The second-order valence-electron chi connectivity index (χ2n) is 5.83. The number of nitrogens with zero attached hydrogens (tertiary/aromatic N) is 3. The molecule has 23 heavy (non-hydrogen) atoms. The Kier molecular flexibility index (Phi) is 4.55. The van der Waals surface area contributed by atoms with Crippen molar-refractivity contribution in [3.8, 4) is 0 Å². The number of amides is 1. The van der Waals surface area contributed by atoms with Crippen molar-refractivity contribution in [3.05, 3.63) is 46.0 Å². The summed E-state index contributed by atoms with van der Waals surface area (Å²) < 4.78 is 6.76. The molecule has 0 aliphatic heterocycles. The molecule has 0 radical (unpaired) electrons. The van der Waals surface area contributed by atoms with E-state index in [2.05, 4.69) is 15.5 Å². The molecular weight excluding hydrogens is 296 g/mol. The molecule has 0 saturated heterocycles. The predicted octanol–water partition coefficient (Wildman–Crippen LogP) is 1.17. The van der Waals surface area contributed by atoms with E-state index in [1.54, 1.807) is 10.6 Å². The first-order valence-corrected chi connectivity index (χ1v) is 7.89. The topological polar surface area (TPSA) is 90.0 Å². The number of rotatable bonds is 7. The highest BCUT2D eigenvalue weighted by Crippen LogP contribution is 2.38. The van der Waals surface area contributed by atoms with Crippen LogP contribution in [0.3, 0.4) is 0 Å². The van der Waals surface area contributed by atoms with Crippen LogP contribution in [0.4, 0.5) is 0 Å². The molecule has 1 fully saturated rings. The van der Waals surface area contributed by atoms with Crippen LogP contribution in [0.1, 0.15) is 42.6 Å². The lowest BCUT2D eigenvalue weighted by Gasteiger charge is -2.09. The van der Waals surface area contributed by atoms with Crippen molar-refractivity contribution in [2.24, 2.45) is 0 Å². The molecule has 122 valence electrons. The molecule has 7 nitrogen and oxygen atoms in total. The Morgan fingerprint density at radius 3 is 3.00 bits per heavy atom. The first kappa shape index (κ1) is 15.5. The van der Waals surface area contributed by atoms with Gasteiger partial charge in [0, 0.05) is 43.6 Å².